The van der Waals surface area contributed by atoms with Crippen molar-refractivity contribution in [1.82, 2.24) is 0 Å². The lowest BCUT2D eigenvalue weighted by Crippen LogP contribution is -2.02. The van der Waals surface area contributed by atoms with E-state index in [1.54, 1.807) is 0 Å². The second-order valence-corrected chi connectivity index (χ2v) is 6.04. The molecule has 0 aliphatic heterocycles. The molecule has 0 heterocycles. The predicted octanol–water partition coefficient (Wildman–Crippen LogP) is 4.56. The number of aryl methyl sites for hydroxylation is 1. The summed E-state index contributed by atoms with van der Waals surface area (Å²) in [5.74, 6) is 0. The minimum Gasteiger partial charge on any atom is -0.398 e. The Hall–Kier alpha value is -0.890. The van der Waals surface area contributed by atoms with Crippen molar-refractivity contribution >= 4 is 17.4 Å². The van der Waals surface area contributed by atoms with Gasteiger partial charge in [0, 0.05) is 15.8 Å². The van der Waals surface area contributed by atoms with Gasteiger partial charge in [-0.25, -0.2) is 0 Å². The number of anilines is 1. The molecule has 0 bridgehead atoms. The highest BCUT2D eigenvalue weighted by atomic mass is 32.2. The summed E-state index contributed by atoms with van der Waals surface area (Å²) in [5.41, 5.74) is 8.23. The van der Waals surface area contributed by atoms with Crippen LogP contribution in [0.15, 0.2) is 35.2 Å². The Morgan fingerprint density at radius 2 is 2.12 bits per heavy atom. The summed E-state index contributed by atoms with van der Waals surface area (Å²) in [5, 5.41) is 0.597. The third-order valence-corrected chi connectivity index (χ3v) is 4.46. The molecule has 1 aromatic carbocycles. The largest absolute Gasteiger partial charge is 0.398 e. The van der Waals surface area contributed by atoms with Crippen LogP contribution in [0.1, 0.15) is 37.7 Å². The quantitative estimate of drug-likeness (QED) is 0.612. The normalized spacial score (nSPS) is 22.8. The molecule has 0 saturated carbocycles. The molecule has 0 radical (unpaired) electrons. The maximum absolute atomic E-state index is 6.03. The molecule has 1 aromatic rings. The van der Waals surface area contributed by atoms with Crippen LogP contribution in [0.2, 0.25) is 0 Å². The molecule has 1 nitrogen and oxygen atoms in total. The molecule has 0 aromatic heterocycles. The van der Waals surface area contributed by atoms with E-state index in [1.165, 1.54) is 42.6 Å². The van der Waals surface area contributed by atoms with Crippen LogP contribution in [0, 0.1) is 6.92 Å². The van der Waals surface area contributed by atoms with Crippen LogP contribution in [0.3, 0.4) is 0 Å². The molecular weight excluding hydrogens is 226 g/mol. The maximum atomic E-state index is 6.03. The van der Waals surface area contributed by atoms with Crippen LogP contribution >= 0.6 is 11.8 Å². The summed E-state index contributed by atoms with van der Waals surface area (Å²) in [6.45, 7) is 2.12. The van der Waals surface area contributed by atoms with Crippen molar-refractivity contribution in [3.8, 4) is 0 Å². The van der Waals surface area contributed by atoms with Gasteiger partial charge in [-0.1, -0.05) is 31.1 Å². The average Bonchev–Trinajstić information content (AvgIpc) is 2.27. The fourth-order valence-electron chi connectivity index (χ4n) is 2.13. The minimum absolute atomic E-state index is 0.597. The van der Waals surface area contributed by atoms with E-state index in [9.17, 15) is 0 Å². The Morgan fingerprint density at radius 3 is 3.00 bits per heavy atom. The number of nitrogen functional groups attached to an aromatic ring is 1. The standard InChI is InChI=1S/C15H21NS/c1-12-9-10-14(16)15(11-12)17-13-7-5-3-2-4-6-8-13/h5,7,9-11,13H,2-4,6,8,16H2,1H3/b7-5+. The Morgan fingerprint density at radius 1 is 1.24 bits per heavy atom. The zero-order valence-electron chi connectivity index (χ0n) is 10.5. The highest BCUT2D eigenvalue weighted by Crippen LogP contribution is 2.33. The molecule has 0 saturated heterocycles. The first-order chi connectivity index (χ1) is 8.25. The van der Waals surface area contributed by atoms with Gasteiger partial charge in [0.05, 0.1) is 0 Å². The first kappa shape index (κ1) is 12.6. The molecule has 0 fully saturated rings. The van der Waals surface area contributed by atoms with Gasteiger partial charge < -0.3 is 5.73 Å². The van der Waals surface area contributed by atoms with Crippen molar-refractivity contribution in [1.29, 1.82) is 0 Å². The summed E-state index contributed by atoms with van der Waals surface area (Å²) in [6.07, 6.45) is 11.3. The van der Waals surface area contributed by atoms with Gasteiger partial charge in [-0.15, -0.1) is 11.8 Å². The number of allylic oxidation sites excluding steroid dienone is 1. The molecule has 2 rings (SSSR count). The average molecular weight is 247 g/mol. The van der Waals surface area contributed by atoms with Gasteiger partial charge >= 0.3 is 0 Å². The van der Waals surface area contributed by atoms with E-state index in [2.05, 4.69) is 31.2 Å². The molecule has 0 amide bonds. The van der Waals surface area contributed by atoms with Gasteiger partial charge in [-0.2, -0.15) is 0 Å². The summed E-state index contributed by atoms with van der Waals surface area (Å²) in [7, 11) is 0. The number of hydrogen-bond donors (Lipinski definition) is 1. The van der Waals surface area contributed by atoms with Crippen LogP contribution in [0.25, 0.3) is 0 Å². The van der Waals surface area contributed by atoms with Crippen LogP contribution in [0.5, 0.6) is 0 Å². The lowest BCUT2D eigenvalue weighted by Gasteiger charge is -2.16. The predicted molar refractivity (Wildman–Crippen MR) is 77.5 cm³/mol. The molecule has 1 unspecified atom stereocenters. The number of hydrogen-bond acceptors (Lipinski definition) is 2. The Balaban J connectivity index is 2.07. The van der Waals surface area contributed by atoms with Crippen molar-refractivity contribution < 1.29 is 0 Å². The Kier molecular flexibility index (Phi) is 4.55. The van der Waals surface area contributed by atoms with E-state index < -0.39 is 0 Å². The van der Waals surface area contributed by atoms with Crippen molar-refractivity contribution in [2.75, 3.05) is 5.73 Å². The highest BCUT2D eigenvalue weighted by Gasteiger charge is 2.10. The zero-order chi connectivity index (χ0) is 12.1. The van der Waals surface area contributed by atoms with E-state index in [4.69, 9.17) is 5.73 Å². The molecule has 2 N–H and O–H groups in total. The molecular formula is C15H21NS. The third-order valence-electron chi connectivity index (χ3n) is 3.16. The second-order valence-electron chi connectivity index (χ2n) is 4.76. The van der Waals surface area contributed by atoms with E-state index in [1.807, 2.05) is 17.8 Å². The smallest absolute Gasteiger partial charge is 0.0452 e. The van der Waals surface area contributed by atoms with Crippen LogP contribution in [-0.4, -0.2) is 5.25 Å². The highest BCUT2D eigenvalue weighted by molar-refractivity contribution is 8.00. The number of rotatable bonds is 2. The second kappa shape index (κ2) is 6.15. The number of thioether (sulfide) groups is 1. The molecule has 2 heteroatoms. The van der Waals surface area contributed by atoms with E-state index in [0.29, 0.717) is 5.25 Å². The topological polar surface area (TPSA) is 26.0 Å². The summed E-state index contributed by atoms with van der Waals surface area (Å²) in [4.78, 5) is 1.24. The first-order valence-electron chi connectivity index (χ1n) is 6.45. The van der Waals surface area contributed by atoms with Crippen LogP contribution in [0.4, 0.5) is 5.69 Å². The van der Waals surface area contributed by atoms with Crippen LogP contribution < -0.4 is 5.73 Å². The SMILES string of the molecule is Cc1ccc(N)c(SC2/C=C/CCCCC2)c1. The fourth-order valence-corrected chi connectivity index (χ4v) is 3.39. The van der Waals surface area contributed by atoms with Gasteiger partial charge in [0.1, 0.15) is 0 Å². The third kappa shape index (κ3) is 3.81. The van der Waals surface area contributed by atoms with E-state index in [-0.39, 0.29) is 0 Å². The minimum atomic E-state index is 0.597. The maximum Gasteiger partial charge on any atom is 0.0452 e. The van der Waals surface area contributed by atoms with Crippen LogP contribution in [-0.2, 0) is 0 Å². The van der Waals surface area contributed by atoms with Gasteiger partial charge in [-0.05, 0) is 43.9 Å². The van der Waals surface area contributed by atoms with Gasteiger partial charge in [0.15, 0.2) is 0 Å². The fraction of sp³-hybridized carbons (Fsp3) is 0.467. The zero-order valence-corrected chi connectivity index (χ0v) is 11.3. The summed E-state index contributed by atoms with van der Waals surface area (Å²) < 4.78 is 0. The number of benzene rings is 1. The Labute approximate surface area is 108 Å². The molecule has 17 heavy (non-hydrogen) atoms. The first-order valence-corrected chi connectivity index (χ1v) is 7.33. The monoisotopic (exact) mass is 247 g/mol. The molecule has 1 aliphatic carbocycles. The van der Waals surface area contributed by atoms with Crippen molar-refractivity contribution in [2.24, 2.45) is 0 Å². The molecule has 1 aliphatic rings. The molecule has 92 valence electrons. The lowest BCUT2D eigenvalue weighted by molar-refractivity contribution is 0.643. The Bertz CT molecular complexity index is 398. The lowest BCUT2D eigenvalue weighted by atomic mass is 10.1. The van der Waals surface area contributed by atoms with Gasteiger partial charge in [-0.3, -0.25) is 0 Å². The number of nitrogens with two attached hydrogens (primary N) is 1. The van der Waals surface area contributed by atoms with Crippen molar-refractivity contribution in [2.45, 2.75) is 49.2 Å². The molecule has 0 spiro atoms. The van der Waals surface area contributed by atoms with Gasteiger partial charge in [0.2, 0.25) is 0 Å². The summed E-state index contributed by atoms with van der Waals surface area (Å²) >= 11 is 1.92. The van der Waals surface area contributed by atoms with E-state index in [0.717, 1.165) is 5.69 Å². The van der Waals surface area contributed by atoms with E-state index >= 15 is 0 Å². The van der Waals surface area contributed by atoms with Crippen molar-refractivity contribution in [3.63, 3.8) is 0 Å². The van der Waals surface area contributed by atoms with Crippen molar-refractivity contribution in [3.05, 3.63) is 35.9 Å². The molecule has 1 atom stereocenters. The van der Waals surface area contributed by atoms with Gasteiger partial charge in [0.25, 0.3) is 0 Å². The summed E-state index contributed by atoms with van der Waals surface area (Å²) in [6, 6.07) is 6.30.